The van der Waals surface area contributed by atoms with Crippen LogP contribution in [0.4, 0.5) is 17.6 Å². The number of halogens is 5. The van der Waals surface area contributed by atoms with Crippen LogP contribution in [0.2, 0.25) is 0 Å². The molecule has 2 nitrogen and oxygen atoms in total. The quantitative estimate of drug-likeness (QED) is 0.515. The zero-order valence-electron chi connectivity index (χ0n) is 17.0. The third-order valence-corrected chi connectivity index (χ3v) is 7.19. The van der Waals surface area contributed by atoms with Crippen LogP contribution in [-0.2, 0) is 5.60 Å². The molecule has 0 aromatic heterocycles. The lowest BCUT2D eigenvalue weighted by molar-refractivity contribution is -0.931. The average molecular weight is 488 g/mol. The molecule has 4 rings (SSSR count). The summed E-state index contributed by atoms with van der Waals surface area (Å²) in [4.78, 5) is 0. The van der Waals surface area contributed by atoms with Gasteiger partial charge >= 0.3 is 0 Å². The third-order valence-electron chi connectivity index (χ3n) is 7.19. The predicted molar refractivity (Wildman–Crippen MR) is 102 cm³/mol. The highest BCUT2D eigenvalue weighted by atomic mass is 79.9. The molecule has 1 unspecified atom stereocenters. The third kappa shape index (κ3) is 4.16. The fourth-order valence-electron chi connectivity index (χ4n) is 5.57. The van der Waals surface area contributed by atoms with Crippen molar-refractivity contribution in [2.75, 3.05) is 14.1 Å². The van der Waals surface area contributed by atoms with E-state index in [2.05, 4.69) is 14.1 Å². The van der Waals surface area contributed by atoms with Crippen molar-refractivity contribution in [3.05, 3.63) is 70.8 Å². The second-order valence-electron chi connectivity index (χ2n) is 9.23. The van der Waals surface area contributed by atoms with Gasteiger partial charge in [-0.3, -0.25) is 0 Å². The highest BCUT2D eigenvalue weighted by Gasteiger charge is 2.50. The lowest BCUT2D eigenvalue weighted by atomic mass is 9.75. The van der Waals surface area contributed by atoms with Crippen LogP contribution in [0.5, 0.6) is 0 Å². The summed E-state index contributed by atoms with van der Waals surface area (Å²) in [6, 6.07) is 6.53. The molecule has 3 atom stereocenters. The monoisotopic (exact) mass is 487 g/mol. The van der Waals surface area contributed by atoms with Gasteiger partial charge in [-0.1, -0.05) is 0 Å². The molecule has 2 bridgehead atoms. The molecule has 164 valence electrons. The van der Waals surface area contributed by atoms with Crippen molar-refractivity contribution < 1.29 is 44.1 Å². The zero-order valence-corrected chi connectivity index (χ0v) is 18.6. The van der Waals surface area contributed by atoms with E-state index in [0.717, 1.165) is 66.6 Å². The number of quaternary nitrogens is 1. The maximum Gasteiger partial charge on any atom is 0.126 e. The van der Waals surface area contributed by atoms with E-state index >= 15 is 0 Å². The summed E-state index contributed by atoms with van der Waals surface area (Å²) in [7, 11) is 4.43. The molecule has 30 heavy (non-hydrogen) atoms. The van der Waals surface area contributed by atoms with E-state index in [1.807, 2.05) is 0 Å². The molecule has 0 amide bonds. The van der Waals surface area contributed by atoms with Gasteiger partial charge in [0.25, 0.3) is 0 Å². The van der Waals surface area contributed by atoms with Gasteiger partial charge in [-0.2, -0.15) is 0 Å². The van der Waals surface area contributed by atoms with Crippen LogP contribution in [0, 0.1) is 29.2 Å². The van der Waals surface area contributed by atoms with Gasteiger partial charge in [-0.15, -0.1) is 0 Å². The van der Waals surface area contributed by atoms with E-state index in [4.69, 9.17) is 0 Å². The minimum absolute atomic E-state index is 0. The molecule has 0 spiro atoms. The summed E-state index contributed by atoms with van der Waals surface area (Å²) in [6.07, 6.45) is 4.10. The maximum atomic E-state index is 13.9. The number of aliphatic hydroxyl groups is 1. The van der Waals surface area contributed by atoms with E-state index in [1.165, 1.54) is 0 Å². The standard InChI is InChI=1S/C23H26F4NO.BrH/c1-28(2)21-3-4-22(28)6-14(5-21)13-23(29,15-7-17(24)11-18(25)8-15)16-9-19(26)12-20(27)10-16;/h7-12,14,21-22,29H,3-6,13H2,1-2H3;1H/q+1;/p-1/t14?,21-,22+;. The van der Waals surface area contributed by atoms with Gasteiger partial charge in [-0.25, -0.2) is 17.6 Å². The number of benzene rings is 2. The Morgan fingerprint density at radius 1 is 0.800 bits per heavy atom. The van der Waals surface area contributed by atoms with Crippen molar-refractivity contribution in [3.8, 4) is 0 Å². The number of hydrogen-bond donors (Lipinski definition) is 1. The SMILES string of the molecule is C[N+]1(C)[C@@H]2CC[C@H]1CC(CC(O)(c1cc(F)cc(F)c1)c1cc(F)cc(F)c1)C2.[Br-]. The first-order valence-corrected chi connectivity index (χ1v) is 10.1. The summed E-state index contributed by atoms with van der Waals surface area (Å²) >= 11 is 0. The molecule has 2 aliphatic heterocycles. The van der Waals surface area contributed by atoms with Crippen LogP contribution < -0.4 is 17.0 Å². The van der Waals surface area contributed by atoms with Crippen molar-refractivity contribution in [3.63, 3.8) is 0 Å². The van der Waals surface area contributed by atoms with Crippen LogP contribution in [0.15, 0.2) is 36.4 Å². The van der Waals surface area contributed by atoms with E-state index in [1.54, 1.807) is 0 Å². The lowest BCUT2D eigenvalue weighted by Gasteiger charge is -2.46. The summed E-state index contributed by atoms with van der Waals surface area (Å²) in [5, 5.41) is 11.7. The zero-order chi connectivity index (χ0) is 21.0. The summed E-state index contributed by atoms with van der Waals surface area (Å²) in [5.74, 6) is -3.26. The van der Waals surface area contributed by atoms with Crippen LogP contribution in [0.25, 0.3) is 0 Å². The largest absolute Gasteiger partial charge is 1.00 e. The van der Waals surface area contributed by atoms with E-state index in [0.29, 0.717) is 12.1 Å². The molecule has 2 fully saturated rings. The molecule has 2 saturated heterocycles. The Bertz CT molecular complexity index is 827. The van der Waals surface area contributed by atoms with Gasteiger partial charge in [0.15, 0.2) is 0 Å². The molecule has 7 heteroatoms. The van der Waals surface area contributed by atoms with Crippen molar-refractivity contribution in [1.29, 1.82) is 0 Å². The fraction of sp³-hybridized carbons (Fsp3) is 0.478. The van der Waals surface area contributed by atoms with Crippen LogP contribution in [0.3, 0.4) is 0 Å². The number of rotatable bonds is 4. The van der Waals surface area contributed by atoms with Crippen molar-refractivity contribution >= 4 is 0 Å². The van der Waals surface area contributed by atoms with Crippen molar-refractivity contribution in [2.45, 2.75) is 49.8 Å². The number of piperidine rings is 1. The Morgan fingerprint density at radius 2 is 1.17 bits per heavy atom. The summed E-state index contributed by atoms with van der Waals surface area (Å²) in [5.41, 5.74) is -1.93. The molecule has 2 heterocycles. The molecule has 2 aromatic rings. The van der Waals surface area contributed by atoms with Crippen molar-refractivity contribution in [2.24, 2.45) is 5.92 Å². The second-order valence-corrected chi connectivity index (χ2v) is 9.23. The Labute approximate surface area is 184 Å². The molecule has 1 N–H and O–H groups in total. The van der Waals surface area contributed by atoms with Gasteiger partial charge < -0.3 is 26.6 Å². The van der Waals surface area contributed by atoms with E-state index in [9.17, 15) is 22.7 Å². The fourth-order valence-corrected chi connectivity index (χ4v) is 5.57. The van der Waals surface area contributed by atoms with E-state index < -0.39 is 28.9 Å². The average Bonchev–Trinajstić information content (AvgIpc) is 2.78. The molecular formula is C23H26BrF4NO. The Morgan fingerprint density at radius 3 is 1.53 bits per heavy atom. The first-order chi connectivity index (χ1) is 13.6. The smallest absolute Gasteiger partial charge is 0.126 e. The normalized spacial score (nSPS) is 25.1. The van der Waals surface area contributed by atoms with Crippen LogP contribution in [0.1, 0.15) is 43.2 Å². The van der Waals surface area contributed by atoms with Gasteiger partial charge in [-0.05, 0) is 47.7 Å². The van der Waals surface area contributed by atoms with Crippen LogP contribution >= 0.6 is 0 Å². The molecular weight excluding hydrogens is 462 g/mol. The second kappa shape index (κ2) is 8.24. The number of fused-ring (bicyclic) bond motifs is 2. The topological polar surface area (TPSA) is 20.2 Å². The van der Waals surface area contributed by atoms with Gasteiger partial charge in [0, 0.05) is 37.8 Å². The van der Waals surface area contributed by atoms with Crippen molar-refractivity contribution in [1.82, 2.24) is 0 Å². The highest BCUT2D eigenvalue weighted by Crippen LogP contribution is 2.47. The van der Waals surface area contributed by atoms with E-state index in [-0.39, 0.29) is 40.4 Å². The summed E-state index contributed by atoms with van der Waals surface area (Å²) < 4.78 is 56.7. The Kier molecular flexibility index (Phi) is 6.38. The summed E-state index contributed by atoms with van der Waals surface area (Å²) in [6.45, 7) is 0. The Hall–Kier alpha value is -1.44. The minimum Gasteiger partial charge on any atom is -1.00 e. The predicted octanol–water partition coefficient (Wildman–Crippen LogP) is 1.89. The molecule has 0 radical (unpaired) electrons. The van der Waals surface area contributed by atoms with Gasteiger partial charge in [0.2, 0.25) is 0 Å². The maximum absolute atomic E-state index is 13.9. The Balaban J connectivity index is 0.00000256. The van der Waals surface area contributed by atoms with Crippen LogP contribution in [-0.4, -0.2) is 35.8 Å². The molecule has 2 aliphatic rings. The highest BCUT2D eigenvalue weighted by molar-refractivity contribution is 5.37. The number of hydrogen-bond acceptors (Lipinski definition) is 1. The minimum atomic E-state index is -1.88. The first kappa shape index (κ1) is 23.2. The van der Waals surface area contributed by atoms with Gasteiger partial charge in [0.1, 0.15) is 28.9 Å². The van der Waals surface area contributed by atoms with Gasteiger partial charge in [0.05, 0.1) is 26.2 Å². The number of nitrogens with zero attached hydrogens (tertiary/aromatic N) is 1. The molecule has 2 aromatic carbocycles. The molecule has 0 aliphatic carbocycles. The lowest BCUT2D eigenvalue weighted by Crippen LogP contribution is -3.00. The molecule has 0 saturated carbocycles. The first-order valence-electron chi connectivity index (χ1n) is 10.1.